The number of thiophene rings is 1. The number of carbonyl (C=O) groups is 2. The number of halogens is 1. The van der Waals surface area contributed by atoms with Crippen LogP contribution in [-0.4, -0.2) is 71.3 Å². The highest BCUT2D eigenvalue weighted by Gasteiger charge is 2.26. The van der Waals surface area contributed by atoms with Crippen molar-refractivity contribution in [2.24, 2.45) is 0 Å². The van der Waals surface area contributed by atoms with E-state index in [0.717, 1.165) is 15.6 Å². The van der Waals surface area contributed by atoms with E-state index in [-0.39, 0.29) is 21.4 Å². The molecule has 164 valence electrons. The second-order valence-electron chi connectivity index (χ2n) is 6.32. The van der Waals surface area contributed by atoms with Crippen molar-refractivity contribution >= 4 is 50.5 Å². The number of nitrogens with zero attached hydrogens (tertiary/aromatic N) is 2. The Balaban J connectivity index is 2.29. The molecule has 1 heterocycles. The van der Waals surface area contributed by atoms with Gasteiger partial charge in [-0.25, -0.2) is 8.42 Å². The average molecular weight is 476 g/mol. The first-order valence-electron chi connectivity index (χ1n) is 8.50. The fraction of sp³-hybridized carbons (Fsp3) is 0.333. The Labute approximate surface area is 184 Å². The predicted molar refractivity (Wildman–Crippen MR) is 115 cm³/mol. The summed E-state index contributed by atoms with van der Waals surface area (Å²) in [6.07, 6.45) is 0. The van der Waals surface area contributed by atoms with Crippen LogP contribution >= 0.6 is 22.9 Å². The molecule has 0 aliphatic rings. The number of hydrogen-bond donors (Lipinski definition) is 1. The number of methoxy groups -OCH3 is 2. The zero-order valence-electron chi connectivity index (χ0n) is 17.1. The summed E-state index contributed by atoms with van der Waals surface area (Å²) in [5.41, 5.74) is 0.336. The van der Waals surface area contributed by atoms with Crippen LogP contribution in [0.5, 0.6) is 11.5 Å². The van der Waals surface area contributed by atoms with Crippen LogP contribution in [0.4, 0.5) is 5.69 Å². The summed E-state index contributed by atoms with van der Waals surface area (Å²) in [5.74, 6) is -0.392. The third kappa shape index (κ3) is 5.22. The van der Waals surface area contributed by atoms with Crippen LogP contribution in [0, 0.1) is 0 Å². The van der Waals surface area contributed by atoms with E-state index in [1.54, 1.807) is 14.1 Å². The third-order valence-corrected chi connectivity index (χ3v) is 7.52. The van der Waals surface area contributed by atoms with Crippen molar-refractivity contribution < 1.29 is 27.5 Å². The summed E-state index contributed by atoms with van der Waals surface area (Å²) in [4.78, 5) is 26.5. The number of hydrogen-bond acceptors (Lipinski definition) is 7. The summed E-state index contributed by atoms with van der Waals surface area (Å²) in [7, 11) is 3.38. The van der Waals surface area contributed by atoms with E-state index in [1.165, 1.54) is 50.4 Å². The maximum Gasteiger partial charge on any atom is 0.255 e. The molecule has 0 aliphatic heterocycles. The number of likely N-dealkylation sites (N-methyl/N-ethyl adjacent to an activating group) is 1. The van der Waals surface area contributed by atoms with Crippen LogP contribution in [0.2, 0.25) is 4.34 Å². The second-order valence-corrected chi connectivity index (χ2v) is 10.3. The monoisotopic (exact) mass is 475 g/mol. The van der Waals surface area contributed by atoms with Gasteiger partial charge in [-0.05, 0) is 18.2 Å². The van der Waals surface area contributed by atoms with Gasteiger partial charge in [-0.3, -0.25) is 9.59 Å². The summed E-state index contributed by atoms with van der Waals surface area (Å²) < 4.78 is 36.9. The molecule has 12 heteroatoms. The lowest BCUT2D eigenvalue weighted by Gasteiger charge is -2.19. The minimum atomic E-state index is -3.88. The maximum absolute atomic E-state index is 12.6. The Bertz CT molecular complexity index is 1050. The Morgan fingerprint density at radius 1 is 1.10 bits per heavy atom. The van der Waals surface area contributed by atoms with Crippen molar-refractivity contribution in [2.75, 3.05) is 47.2 Å². The van der Waals surface area contributed by atoms with Gasteiger partial charge in [-0.15, -0.1) is 11.3 Å². The Kier molecular flexibility index (Phi) is 7.70. The smallest absolute Gasteiger partial charge is 0.255 e. The number of amides is 2. The van der Waals surface area contributed by atoms with E-state index in [1.807, 2.05) is 0 Å². The molecule has 0 aliphatic carbocycles. The summed E-state index contributed by atoms with van der Waals surface area (Å²) in [6, 6.07) is 5.74. The zero-order chi connectivity index (χ0) is 22.6. The van der Waals surface area contributed by atoms with Crippen molar-refractivity contribution in [2.45, 2.75) is 4.21 Å². The number of benzene rings is 1. The first kappa shape index (κ1) is 23.9. The van der Waals surface area contributed by atoms with Gasteiger partial charge in [-0.1, -0.05) is 11.6 Å². The van der Waals surface area contributed by atoms with E-state index in [4.69, 9.17) is 21.1 Å². The minimum Gasteiger partial charge on any atom is -0.493 e. The minimum absolute atomic E-state index is 0.0254. The van der Waals surface area contributed by atoms with E-state index in [2.05, 4.69) is 5.32 Å². The van der Waals surface area contributed by atoms with Crippen molar-refractivity contribution in [3.8, 4) is 11.5 Å². The molecule has 0 fully saturated rings. The normalized spacial score (nSPS) is 11.3. The molecule has 1 N–H and O–H groups in total. The van der Waals surface area contributed by atoms with Gasteiger partial charge in [0.1, 0.15) is 4.21 Å². The first-order valence-corrected chi connectivity index (χ1v) is 11.1. The number of carbonyl (C=O) groups excluding carboxylic acids is 2. The Hall–Kier alpha value is -2.34. The molecule has 9 nitrogen and oxygen atoms in total. The van der Waals surface area contributed by atoms with Gasteiger partial charge in [-0.2, -0.15) is 4.31 Å². The van der Waals surface area contributed by atoms with Gasteiger partial charge >= 0.3 is 0 Å². The summed E-state index contributed by atoms with van der Waals surface area (Å²) in [5, 5.41) is 2.58. The highest BCUT2D eigenvalue weighted by molar-refractivity contribution is 7.91. The number of nitrogens with one attached hydrogen (secondary N) is 1. The molecular weight excluding hydrogens is 454 g/mol. The van der Waals surface area contributed by atoms with Crippen molar-refractivity contribution in [1.29, 1.82) is 0 Å². The molecule has 0 spiro atoms. The van der Waals surface area contributed by atoms with Crippen molar-refractivity contribution in [3.05, 3.63) is 34.2 Å². The van der Waals surface area contributed by atoms with Gasteiger partial charge in [0.25, 0.3) is 15.9 Å². The number of anilines is 1. The lowest BCUT2D eigenvalue weighted by molar-refractivity contribution is -0.116. The molecule has 2 amide bonds. The van der Waals surface area contributed by atoms with Gasteiger partial charge < -0.3 is 19.7 Å². The van der Waals surface area contributed by atoms with Gasteiger partial charge in [0.15, 0.2) is 11.5 Å². The highest BCUT2D eigenvalue weighted by Crippen LogP contribution is 2.34. The van der Waals surface area contributed by atoms with Gasteiger partial charge in [0.2, 0.25) is 5.91 Å². The Morgan fingerprint density at radius 3 is 2.20 bits per heavy atom. The van der Waals surface area contributed by atoms with Crippen LogP contribution in [0.25, 0.3) is 0 Å². The maximum atomic E-state index is 12.6. The quantitative estimate of drug-likeness (QED) is 0.628. The second kappa shape index (κ2) is 9.65. The topological polar surface area (TPSA) is 105 Å². The van der Waals surface area contributed by atoms with Crippen molar-refractivity contribution in [1.82, 2.24) is 9.21 Å². The van der Waals surface area contributed by atoms with E-state index >= 15 is 0 Å². The molecule has 2 aromatic rings. The number of rotatable bonds is 8. The molecule has 30 heavy (non-hydrogen) atoms. The van der Waals surface area contributed by atoms with Crippen LogP contribution in [0.3, 0.4) is 0 Å². The predicted octanol–water partition coefficient (Wildman–Crippen LogP) is 2.38. The molecule has 0 saturated heterocycles. The molecule has 0 saturated carbocycles. The third-order valence-electron chi connectivity index (χ3n) is 4.01. The molecule has 1 aromatic heterocycles. The summed E-state index contributed by atoms with van der Waals surface area (Å²) in [6.45, 7) is -0.470. The standard InChI is InChI=1S/C18H22ClN3O6S2/c1-21(2)18(24)11-8-13(27-4)14(28-5)9-12(11)20-16(23)10-22(3)30(25,26)17-7-6-15(19)29-17/h6-9H,10H2,1-5H3,(H,20,23). The largest absolute Gasteiger partial charge is 0.493 e. The SMILES string of the molecule is COc1cc(NC(=O)CN(C)S(=O)(=O)c2ccc(Cl)s2)c(C(=O)N(C)C)cc1OC. The van der Waals surface area contributed by atoms with E-state index in [0.29, 0.717) is 15.8 Å². The lowest BCUT2D eigenvalue weighted by atomic mass is 10.1. The molecule has 0 radical (unpaired) electrons. The van der Waals surface area contributed by atoms with Crippen LogP contribution in [-0.2, 0) is 14.8 Å². The molecule has 0 bridgehead atoms. The Morgan fingerprint density at radius 2 is 1.70 bits per heavy atom. The summed E-state index contributed by atoms with van der Waals surface area (Å²) >= 11 is 6.70. The zero-order valence-corrected chi connectivity index (χ0v) is 19.4. The fourth-order valence-electron chi connectivity index (χ4n) is 2.47. The molecular formula is C18H22ClN3O6S2. The number of ether oxygens (including phenoxy) is 2. The fourth-order valence-corrected chi connectivity index (χ4v) is 5.29. The van der Waals surface area contributed by atoms with Crippen LogP contribution in [0.15, 0.2) is 28.5 Å². The highest BCUT2D eigenvalue weighted by atomic mass is 35.5. The van der Waals surface area contributed by atoms with Crippen molar-refractivity contribution in [3.63, 3.8) is 0 Å². The first-order chi connectivity index (χ1) is 14.0. The average Bonchev–Trinajstić information content (AvgIpc) is 3.13. The molecule has 0 atom stereocenters. The number of sulfonamides is 1. The van der Waals surface area contributed by atoms with Gasteiger partial charge in [0.05, 0.1) is 36.4 Å². The molecule has 2 rings (SSSR count). The van der Waals surface area contributed by atoms with Crippen LogP contribution in [0.1, 0.15) is 10.4 Å². The van der Waals surface area contributed by atoms with E-state index < -0.39 is 22.5 Å². The van der Waals surface area contributed by atoms with Crippen LogP contribution < -0.4 is 14.8 Å². The van der Waals surface area contributed by atoms with E-state index in [9.17, 15) is 18.0 Å². The molecule has 1 aromatic carbocycles. The lowest BCUT2D eigenvalue weighted by Crippen LogP contribution is -2.35. The molecule has 0 unspecified atom stereocenters. The van der Waals surface area contributed by atoms with Gasteiger partial charge in [0, 0.05) is 27.2 Å².